The first kappa shape index (κ1) is 20.4. The van der Waals surface area contributed by atoms with Gasteiger partial charge in [0.05, 0.1) is 15.5 Å². The second-order valence-corrected chi connectivity index (χ2v) is 11.4. The first-order valence-electron chi connectivity index (χ1n) is 11.3. The summed E-state index contributed by atoms with van der Waals surface area (Å²) in [5.41, 5.74) is 4.90. The van der Waals surface area contributed by atoms with Gasteiger partial charge < -0.3 is 14.8 Å². The minimum Gasteiger partial charge on any atom is -0.365 e. The van der Waals surface area contributed by atoms with Crippen LogP contribution in [0.5, 0.6) is 0 Å². The minimum atomic E-state index is -3.29. The monoisotopic (exact) mass is 463 g/mol. The van der Waals surface area contributed by atoms with Crippen LogP contribution in [0.1, 0.15) is 36.4 Å². The van der Waals surface area contributed by atoms with E-state index in [1.807, 2.05) is 24.1 Å². The molecule has 170 valence electrons. The van der Waals surface area contributed by atoms with Gasteiger partial charge in [-0.2, -0.15) is 0 Å². The Balaban J connectivity index is 1.54. The number of amides is 1. The van der Waals surface area contributed by atoms with Crippen molar-refractivity contribution in [2.45, 2.75) is 41.9 Å². The van der Waals surface area contributed by atoms with Crippen molar-refractivity contribution in [3.8, 4) is 11.1 Å². The van der Waals surface area contributed by atoms with Crippen LogP contribution < -0.4 is 5.32 Å². The second-order valence-electron chi connectivity index (χ2n) is 9.13. The summed E-state index contributed by atoms with van der Waals surface area (Å²) < 4.78 is 27.9. The maximum atomic E-state index is 12.9. The molecule has 33 heavy (non-hydrogen) atoms. The molecule has 0 spiro atoms. The third kappa shape index (κ3) is 3.02. The highest BCUT2D eigenvalue weighted by Gasteiger charge is 2.38. The molecule has 9 heteroatoms. The van der Waals surface area contributed by atoms with E-state index in [9.17, 15) is 13.2 Å². The largest absolute Gasteiger partial charge is 0.365 e. The summed E-state index contributed by atoms with van der Waals surface area (Å²) in [4.78, 5) is 23.5. The lowest BCUT2D eigenvalue weighted by Crippen LogP contribution is -2.26. The Morgan fingerprint density at radius 3 is 2.82 bits per heavy atom. The number of nitrogens with zero attached hydrogens (tertiary/aromatic N) is 4. The fraction of sp³-hybridized carbons (Fsp3) is 0.375. The lowest BCUT2D eigenvalue weighted by molar-refractivity contribution is -0.125. The van der Waals surface area contributed by atoms with Gasteiger partial charge in [-0.05, 0) is 48.6 Å². The standard InChI is InChI=1S/C24H25N5O3S/c1-3-19(30)29-9-8-14(12-29)22-20-18-7-6-17(33(31,32)16-4-5-16)10-15(18)11-25-23-21(20)24(28(22)2)27-13-26-23/h3,6-7,10,13-14,16H,1,4-5,8-9,11-12H2,2H3,(H,25,26,27). The lowest BCUT2D eigenvalue weighted by Gasteiger charge is -2.18. The Labute approximate surface area is 192 Å². The number of fused-ring (bicyclic) bond motifs is 2. The summed E-state index contributed by atoms with van der Waals surface area (Å²) in [6.07, 6.45) is 5.24. The van der Waals surface area contributed by atoms with E-state index >= 15 is 0 Å². The van der Waals surface area contributed by atoms with Gasteiger partial charge in [0.1, 0.15) is 17.8 Å². The van der Waals surface area contributed by atoms with Gasteiger partial charge in [0.2, 0.25) is 5.91 Å². The summed E-state index contributed by atoms with van der Waals surface area (Å²) in [6.45, 7) is 5.40. The molecule has 1 aliphatic carbocycles. The van der Waals surface area contributed by atoms with Gasteiger partial charge >= 0.3 is 0 Å². The van der Waals surface area contributed by atoms with Crippen LogP contribution in [0.4, 0.5) is 5.82 Å². The van der Waals surface area contributed by atoms with E-state index in [0.717, 1.165) is 58.5 Å². The van der Waals surface area contributed by atoms with E-state index in [-0.39, 0.29) is 17.1 Å². The number of sulfone groups is 1. The molecule has 1 amide bonds. The maximum absolute atomic E-state index is 12.9. The third-order valence-corrected chi connectivity index (χ3v) is 9.42. The van der Waals surface area contributed by atoms with Crippen molar-refractivity contribution >= 4 is 32.6 Å². The average Bonchev–Trinajstić information content (AvgIpc) is 3.54. The third-order valence-electron chi connectivity index (χ3n) is 7.16. The fourth-order valence-electron chi connectivity index (χ4n) is 5.36. The minimum absolute atomic E-state index is 0.0559. The number of aryl methyl sites for hydroxylation is 1. The van der Waals surface area contributed by atoms with E-state index in [2.05, 4.69) is 26.4 Å². The molecule has 0 bridgehead atoms. The number of benzene rings is 1. The molecule has 6 rings (SSSR count). The van der Waals surface area contributed by atoms with Crippen LogP contribution in [0.25, 0.3) is 22.2 Å². The predicted molar refractivity (Wildman–Crippen MR) is 126 cm³/mol. The smallest absolute Gasteiger partial charge is 0.245 e. The molecule has 2 fully saturated rings. The van der Waals surface area contributed by atoms with E-state index in [4.69, 9.17) is 0 Å². The van der Waals surface area contributed by atoms with Crippen LogP contribution in [0.2, 0.25) is 0 Å². The molecule has 1 saturated carbocycles. The van der Waals surface area contributed by atoms with Crippen LogP contribution >= 0.6 is 0 Å². The van der Waals surface area contributed by atoms with E-state index < -0.39 is 9.84 Å². The van der Waals surface area contributed by atoms with Crippen molar-refractivity contribution in [1.82, 2.24) is 19.4 Å². The van der Waals surface area contributed by atoms with Crippen molar-refractivity contribution in [1.29, 1.82) is 0 Å². The Morgan fingerprint density at radius 2 is 2.06 bits per heavy atom. The highest BCUT2D eigenvalue weighted by atomic mass is 32.2. The topological polar surface area (TPSA) is 97.2 Å². The number of anilines is 1. The molecule has 3 aromatic rings. The molecule has 1 N–H and O–H groups in total. The molecule has 4 heterocycles. The van der Waals surface area contributed by atoms with Gasteiger partial charge in [-0.25, -0.2) is 18.4 Å². The van der Waals surface area contributed by atoms with Crippen molar-refractivity contribution in [3.05, 3.63) is 48.4 Å². The number of likely N-dealkylation sites (tertiary alicyclic amines) is 1. The van der Waals surface area contributed by atoms with Crippen LogP contribution in [0, 0.1) is 0 Å². The molecule has 1 saturated heterocycles. The van der Waals surface area contributed by atoms with Gasteiger partial charge in [-0.15, -0.1) is 0 Å². The first-order chi connectivity index (χ1) is 15.9. The summed E-state index contributed by atoms with van der Waals surface area (Å²) >= 11 is 0. The molecule has 8 nitrogen and oxygen atoms in total. The normalized spacial score (nSPS) is 19.8. The van der Waals surface area contributed by atoms with Crippen molar-refractivity contribution in [3.63, 3.8) is 0 Å². The lowest BCUT2D eigenvalue weighted by atomic mass is 9.92. The van der Waals surface area contributed by atoms with Crippen LogP contribution in [-0.4, -0.2) is 52.1 Å². The number of carbonyl (C=O) groups excluding carboxylic acids is 1. The summed E-state index contributed by atoms with van der Waals surface area (Å²) in [5, 5.41) is 4.10. The van der Waals surface area contributed by atoms with Gasteiger partial charge in [0.25, 0.3) is 0 Å². The van der Waals surface area contributed by atoms with Crippen molar-refractivity contribution in [2.24, 2.45) is 7.05 Å². The number of hydrogen-bond acceptors (Lipinski definition) is 6. The Morgan fingerprint density at radius 1 is 1.24 bits per heavy atom. The zero-order valence-electron chi connectivity index (χ0n) is 18.4. The SMILES string of the molecule is C=CC(=O)N1CCC(c2c3c4c(ncnc4n2C)NCc2cc(S(=O)(=O)C4CC4)ccc2-3)C1. The Hall–Kier alpha value is -3.20. The number of rotatable bonds is 4. The van der Waals surface area contributed by atoms with Crippen LogP contribution in [-0.2, 0) is 28.2 Å². The summed E-state index contributed by atoms with van der Waals surface area (Å²) in [7, 11) is -1.28. The van der Waals surface area contributed by atoms with Crippen LogP contribution in [0.15, 0.2) is 42.1 Å². The molecule has 2 aromatic heterocycles. The number of carbonyl (C=O) groups is 1. The molecular weight excluding hydrogens is 438 g/mol. The molecule has 0 radical (unpaired) electrons. The first-order valence-corrected chi connectivity index (χ1v) is 12.8. The number of nitrogens with one attached hydrogen (secondary N) is 1. The molecule has 1 unspecified atom stereocenters. The van der Waals surface area contributed by atoms with Gasteiger partial charge in [0.15, 0.2) is 9.84 Å². The van der Waals surface area contributed by atoms with Crippen molar-refractivity contribution in [2.75, 3.05) is 18.4 Å². The van der Waals surface area contributed by atoms with E-state index in [1.54, 1.807) is 12.4 Å². The maximum Gasteiger partial charge on any atom is 0.245 e. The average molecular weight is 464 g/mol. The fourth-order valence-corrected chi connectivity index (χ4v) is 7.06. The van der Waals surface area contributed by atoms with Gasteiger partial charge in [-0.1, -0.05) is 12.6 Å². The van der Waals surface area contributed by atoms with Gasteiger partial charge in [-0.3, -0.25) is 4.79 Å². The Bertz CT molecular complexity index is 1440. The summed E-state index contributed by atoms with van der Waals surface area (Å²) in [6, 6.07) is 5.50. The predicted octanol–water partition coefficient (Wildman–Crippen LogP) is 3.00. The zero-order chi connectivity index (χ0) is 22.9. The highest BCUT2D eigenvalue weighted by molar-refractivity contribution is 7.92. The number of hydrogen-bond donors (Lipinski definition) is 1. The molecule has 1 aromatic carbocycles. The zero-order valence-corrected chi connectivity index (χ0v) is 19.2. The van der Waals surface area contributed by atoms with Crippen molar-refractivity contribution < 1.29 is 13.2 Å². The van der Waals surface area contributed by atoms with Gasteiger partial charge in [0, 0.05) is 43.9 Å². The second kappa shape index (κ2) is 7.15. The Kier molecular flexibility index (Phi) is 4.42. The molecule has 3 aliphatic rings. The van der Waals surface area contributed by atoms with E-state index in [0.29, 0.717) is 24.5 Å². The molecule has 2 aliphatic heterocycles. The molecule has 1 atom stereocenters. The van der Waals surface area contributed by atoms with E-state index in [1.165, 1.54) is 6.08 Å². The number of aromatic nitrogens is 3. The summed E-state index contributed by atoms with van der Waals surface area (Å²) in [5.74, 6) is 0.827. The quantitative estimate of drug-likeness (QED) is 0.598. The molecular formula is C24H25N5O3S. The van der Waals surface area contributed by atoms with Crippen LogP contribution in [0.3, 0.4) is 0 Å². The highest BCUT2D eigenvalue weighted by Crippen LogP contribution is 2.46.